The van der Waals surface area contributed by atoms with E-state index in [1.165, 1.54) is 12.8 Å². The van der Waals surface area contributed by atoms with Crippen molar-refractivity contribution in [2.24, 2.45) is 5.92 Å². The van der Waals surface area contributed by atoms with Crippen LogP contribution in [0.5, 0.6) is 0 Å². The molecule has 0 saturated carbocycles. The number of aliphatic hydroxyl groups is 1. The Labute approximate surface area is 68.4 Å². The molecule has 0 aromatic heterocycles. The molecule has 1 atom stereocenters. The number of hydrogen-bond donors (Lipinski definition) is 1. The van der Waals surface area contributed by atoms with Gasteiger partial charge in [0.25, 0.3) is 0 Å². The number of hydrogen-bond acceptors (Lipinski definition) is 1. The number of allylic oxidation sites excluding steroid dienone is 3. The molecule has 62 valence electrons. The van der Waals surface area contributed by atoms with Gasteiger partial charge in [-0.1, -0.05) is 23.8 Å². The molecule has 11 heavy (non-hydrogen) atoms. The Kier molecular flexibility index (Phi) is 3.37. The highest BCUT2D eigenvalue weighted by atomic mass is 16.3. The summed E-state index contributed by atoms with van der Waals surface area (Å²) >= 11 is 0. The highest BCUT2D eigenvalue weighted by Crippen LogP contribution is 2.20. The predicted molar refractivity (Wildman–Crippen MR) is 47.3 cm³/mol. The molecule has 1 aliphatic rings. The third kappa shape index (κ3) is 2.89. The van der Waals surface area contributed by atoms with Crippen molar-refractivity contribution in [3.8, 4) is 0 Å². The molecule has 1 nitrogen and oxygen atoms in total. The van der Waals surface area contributed by atoms with E-state index < -0.39 is 0 Å². The lowest BCUT2D eigenvalue weighted by Gasteiger charge is -2.13. The monoisotopic (exact) mass is 152 g/mol. The fraction of sp³-hybridized carbons (Fsp3) is 0.600. The second-order valence-electron chi connectivity index (χ2n) is 3.22. The Morgan fingerprint density at radius 3 is 3.00 bits per heavy atom. The molecule has 0 bridgehead atoms. The smallest absolute Gasteiger partial charge is 0.0639 e. The molecular weight excluding hydrogens is 136 g/mol. The molecule has 0 spiro atoms. The van der Waals surface area contributed by atoms with Gasteiger partial charge in [-0.25, -0.2) is 0 Å². The van der Waals surface area contributed by atoms with Crippen molar-refractivity contribution in [3.63, 3.8) is 0 Å². The van der Waals surface area contributed by atoms with Crippen molar-refractivity contribution in [2.45, 2.75) is 26.2 Å². The topological polar surface area (TPSA) is 20.2 Å². The first kappa shape index (κ1) is 8.54. The quantitative estimate of drug-likeness (QED) is 0.602. The molecule has 0 heterocycles. The molecule has 0 radical (unpaired) electrons. The van der Waals surface area contributed by atoms with Crippen molar-refractivity contribution >= 4 is 0 Å². The standard InChI is InChI=1S/C10H16O/c1-9(8-11)7-10-5-3-2-4-6-10/h2-3,7,10-11H,4-6,8H2,1H3/t10-/m1/s1. The molecule has 0 aliphatic heterocycles. The largest absolute Gasteiger partial charge is 0.392 e. The highest BCUT2D eigenvalue weighted by Gasteiger charge is 2.05. The Morgan fingerprint density at radius 2 is 2.45 bits per heavy atom. The SMILES string of the molecule is CC(=C[C@@H]1CC=CCC1)CO. The van der Waals surface area contributed by atoms with Gasteiger partial charge < -0.3 is 5.11 Å². The molecule has 0 unspecified atom stereocenters. The van der Waals surface area contributed by atoms with Gasteiger partial charge in [0.2, 0.25) is 0 Å². The lowest BCUT2D eigenvalue weighted by atomic mass is 9.93. The van der Waals surface area contributed by atoms with Gasteiger partial charge in [-0.15, -0.1) is 0 Å². The Morgan fingerprint density at radius 1 is 1.64 bits per heavy atom. The van der Waals surface area contributed by atoms with Gasteiger partial charge in [0, 0.05) is 0 Å². The first-order valence-electron chi connectivity index (χ1n) is 4.26. The van der Waals surface area contributed by atoms with Crippen molar-refractivity contribution < 1.29 is 5.11 Å². The van der Waals surface area contributed by atoms with Crippen LogP contribution in [0.2, 0.25) is 0 Å². The van der Waals surface area contributed by atoms with Crippen molar-refractivity contribution in [2.75, 3.05) is 6.61 Å². The number of rotatable bonds is 2. The Bertz CT molecular complexity index is 168. The van der Waals surface area contributed by atoms with Gasteiger partial charge in [-0.3, -0.25) is 0 Å². The van der Waals surface area contributed by atoms with Gasteiger partial charge >= 0.3 is 0 Å². The van der Waals surface area contributed by atoms with E-state index in [1.807, 2.05) is 6.92 Å². The van der Waals surface area contributed by atoms with Crippen LogP contribution >= 0.6 is 0 Å². The second kappa shape index (κ2) is 4.35. The Hall–Kier alpha value is -0.560. The van der Waals surface area contributed by atoms with Crippen molar-refractivity contribution in [1.82, 2.24) is 0 Å². The molecule has 1 heteroatoms. The van der Waals surface area contributed by atoms with Crippen LogP contribution in [0.1, 0.15) is 26.2 Å². The second-order valence-corrected chi connectivity index (χ2v) is 3.22. The molecule has 0 amide bonds. The van der Waals surface area contributed by atoms with Gasteiger partial charge in [-0.2, -0.15) is 0 Å². The summed E-state index contributed by atoms with van der Waals surface area (Å²) in [6.45, 7) is 2.19. The first-order chi connectivity index (χ1) is 5.33. The summed E-state index contributed by atoms with van der Waals surface area (Å²) < 4.78 is 0. The summed E-state index contributed by atoms with van der Waals surface area (Å²) in [5, 5.41) is 8.78. The minimum absolute atomic E-state index is 0.209. The molecule has 0 aromatic carbocycles. The lowest BCUT2D eigenvalue weighted by Crippen LogP contribution is -2.00. The maximum absolute atomic E-state index is 8.78. The van der Waals surface area contributed by atoms with Crippen LogP contribution < -0.4 is 0 Å². The molecule has 1 aliphatic carbocycles. The third-order valence-corrected chi connectivity index (χ3v) is 2.08. The van der Waals surface area contributed by atoms with Crippen LogP contribution in [0.4, 0.5) is 0 Å². The lowest BCUT2D eigenvalue weighted by molar-refractivity contribution is 0.329. The van der Waals surface area contributed by atoms with Crippen LogP contribution in [0, 0.1) is 5.92 Å². The zero-order valence-electron chi connectivity index (χ0n) is 7.09. The predicted octanol–water partition coefficient (Wildman–Crippen LogP) is 2.28. The van der Waals surface area contributed by atoms with Crippen LogP contribution in [0.15, 0.2) is 23.8 Å². The summed E-state index contributed by atoms with van der Waals surface area (Å²) in [5.74, 6) is 0.673. The van der Waals surface area contributed by atoms with E-state index in [0.29, 0.717) is 5.92 Å². The minimum atomic E-state index is 0.209. The van der Waals surface area contributed by atoms with Crippen LogP contribution in [0.3, 0.4) is 0 Å². The zero-order valence-corrected chi connectivity index (χ0v) is 7.09. The first-order valence-corrected chi connectivity index (χ1v) is 4.26. The van der Waals surface area contributed by atoms with E-state index in [0.717, 1.165) is 12.0 Å². The summed E-state index contributed by atoms with van der Waals surface area (Å²) in [4.78, 5) is 0. The molecule has 1 N–H and O–H groups in total. The van der Waals surface area contributed by atoms with Gasteiger partial charge in [0.05, 0.1) is 6.61 Å². The molecule has 0 fully saturated rings. The summed E-state index contributed by atoms with van der Waals surface area (Å²) in [6, 6.07) is 0. The van der Waals surface area contributed by atoms with E-state index in [1.54, 1.807) is 0 Å². The van der Waals surface area contributed by atoms with Crippen LogP contribution in [-0.2, 0) is 0 Å². The number of aliphatic hydroxyl groups excluding tert-OH is 1. The van der Waals surface area contributed by atoms with E-state index in [-0.39, 0.29) is 6.61 Å². The molecule has 0 aromatic rings. The molecule has 0 saturated heterocycles. The van der Waals surface area contributed by atoms with E-state index in [2.05, 4.69) is 18.2 Å². The fourth-order valence-corrected chi connectivity index (χ4v) is 1.42. The fourth-order valence-electron chi connectivity index (χ4n) is 1.42. The summed E-state index contributed by atoms with van der Waals surface area (Å²) in [5.41, 5.74) is 1.10. The average molecular weight is 152 g/mol. The Balaban J connectivity index is 2.42. The highest BCUT2D eigenvalue weighted by molar-refractivity contribution is 5.05. The van der Waals surface area contributed by atoms with Gasteiger partial charge in [0.15, 0.2) is 0 Å². The van der Waals surface area contributed by atoms with Crippen molar-refractivity contribution in [3.05, 3.63) is 23.8 Å². The maximum atomic E-state index is 8.78. The summed E-state index contributed by atoms with van der Waals surface area (Å²) in [7, 11) is 0. The maximum Gasteiger partial charge on any atom is 0.0639 e. The van der Waals surface area contributed by atoms with Crippen LogP contribution in [0.25, 0.3) is 0 Å². The summed E-state index contributed by atoms with van der Waals surface area (Å²) in [6.07, 6.45) is 10.3. The van der Waals surface area contributed by atoms with E-state index in [9.17, 15) is 0 Å². The van der Waals surface area contributed by atoms with Crippen molar-refractivity contribution in [1.29, 1.82) is 0 Å². The molecular formula is C10H16O. The molecule has 1 rings (SSSR count). The average Bonchev–Trinajstić information content (AvgIpc) is 2.06. The van der Waals surface area contributed by atoms with E-state index >= 15 is 0 Å². The van der Waals surface area contributed by atoms with E-state index in [4.69, 9.17) is 5.11 Å². The normalized spacial score (nSPS) is 25.6. The van der Waals surface area contributed by atoms with Gasteiger partial charge in [-0.05, 0) is 32.1 Å². The minimum Gasteiger partial charge on any atom is -0.392 e. The van der Waals surface area contributed by atoms with Crippen LogP contribution in [-0.4, -0.2) is 11.7 Å². The zero-order chi connectivity index (χ0) is 8.10. The van der Waals surface area contributed by atoms with Gasteiger partial charge in [0.1, 0.15) is 0 Å². The third-order valence-electron chi connectivity index (χ3n) is 2.08.